The van der Waals surface area contributed by atoms with Gasteiger partial charge >= 0.3 is 0 Å². The molecule has 112 valence electrons. The van der Waals surface area contributed by atoms with Gasteiger partial charge in [0.2, 0.25) is 12.2 Å². The Morgan fingerprint density at radius 3 is 2.62 bits per heavy atom. The van der Waals surface area contributed by atoms with E-state index in [1.807, 2.05) is 13.8 Å². The molecule has 2 rings (SSSR count). The molecule has 0 atom stereocenters. The van der Waals surface area contributed by atoms with Crippen molar-refractivity contribution in [1.82, 2.24) is 15.5 Å². The minimum atomic E-state index is -0.138. The van der Waals surface area contributed by atoms with Crippen LogP contribution < -0.4 is 5.32 Å². The van der Waals surface area contributed by atoms with Gasteiger partial charge < -0.3 is 14.9 Å². The number of aromatic nitrogens is 2. The largest absolute Gasteiger partial charge is 0.396 e. The molecular weight excluding hydrogens is 270 g/mol. The summed E-state index contributed by atoms with van der Waals surface area (Å²) >= 11 is 0. The molecule has 0 bridgehead atoms. The van der Waals surface area contributed by atoms with E-state index < -0.39 is 0 Å². The van der Waals surface area contributed by atoms with Gasteiger partial charge in [-0.25, -0.2) is 0 Å². The lowest BCUT2D eigenvalue weighted by Crippen LogP contribution is -2.34. The van der Waals surface area contributed by atoms with Crippen LogP contribution in [0.2, 0.25) is 0 Å². The molecule has 21 heavy (non-hydrogen) atoms. The van der Waals surface area contributed by atoms with Crippen molar-refractivity contribution in [3.63, 3.8) is 0 Å². The highest BCUT2D eigenvalue weighted by molar-refractivity contribution is 5.94. The summed E-state index contributed by atoms with van der Waals surface area (Å²) in [6.45, 7) is 4.63. The third-order valence-corrected chi connectivity index (χ3v) is 3.28. The van der Waals surface area contributed by atoms with Crippen molar-refractivity contribution in [2.45, 2.75) is 20.3 Å². The molecule has 0 aliphatic rings. The van der Waals surface area contributed by atoms with Crippen LogP contribution in [-0.4, -0.2) is 34.3 Å². The van der Waals surface area contributed by atoms with E-state index in [0.717, 1.165) is 5.56 Å². The average molecular weight is 289 g/mol. The van der Waals surface area contributed by atoms with Crippen molar-refractivity contribution in [2.24, 2.45) is 5.41 Å². The van der Waals surface area contributed by atoms with Gasteiger partial charge in [0.05, 0.1) is 0 Å². The number of carbonyl (C=O) groups is 1. The number of aliphatic hydroxyl groups is 1. The van der Waals surface area contributed by atoms with Gasteiger partial charge in [0, 0.05) is 24.3 Å². The van der Waals surface area contributed by atoms with Crippen LogP contribution in [0.15, 0.2) is 35.2 Å². The summed E-state index contributed by atoms with van der Waals surface area (Å²) in [7, 11) is 0. The zero-order chi connectivity index (χ0) is 15.3. The van der Waals surface area contributed by atoms with Crippen LogP contribution in [0.25, 0.3) is 11.4 Å². The second-order valence-corrected chi connectivity index (χ2v) is 5.65. The first-order valence-corrected chi connectivity index (χ1v) is 6.78. The third kappa shape index (κ3) is 4.13. The zero-order valence-electron chi connectivity index (χ0n) is 12.2. The van der Waals surface area contributed by atoms with Crippen LogP contribution in [-0.2, 0) is 0 Å². The second-order valence-electron chi connectivity index (χ2n) is 5.65. The maximum Gasteiger partial charge on any atom is 0.251 e. The Kier molecular flexibility index (Phi) is 4.70. The fourth-order valence-electron chi connectivity index (χ4n) is 1.88. The predicted molar refractivity (Wildman–Crippen MR) is 77.6 cm³/mol. The standard InChI is InChI=1S/C15H19N3O3/c1-15(2,7-8-19)9-16-14(20)12-5-3-11(4-6-12)13-17-10-21-18-13/h3-6,10,19H,7-9H2,1-2H3,(H,16,20). The number of nitrogens with zero attached hydrogens (tertiary/aromatic N) is 2. The number of nitrogens with one attached hydrogen (secondary N) is 1. The van der Waals surface area contributed by atoms with E-state index in [9.17, 15) is 4.79 Å². The van der Waals surface area contributed by atoms with Crippen molar-refractivity contribution >= 4 is 5.91 Å². The van der Waals surface area contributed by atoms with Crippen LogP contribution in [0, 0.1) is 5.41 Å². The van der Waals surface area contributed by atoms with Gasteiger partial charge in [-0.15, -0.1) is 0 Å². The highest BCUT2D eigenvalue weighted by atomic mass is 16.5. The molecule has 0 saturated carbocycles. The van der Waals surface area contributed by atoms with Crippen molar-refractivity contribution in [3.8, 4) is 11.4 Å². The number of benzene rings is 1. The molecule has 1 aromatic carbocycles. The molecule has 0 saturated heterocycles. The molecule has 0 spiro atoms. The fourth-order valence-corrected chi connectivity index (χ4v) is 1.88. The lowest BCUT2D eigenvalue weighted by molar-refractivity contribution is 0.0928. The second kappa shape index (κ2) is 6.49. The molecule has 1 aromatic heterocycles. The number of aliphatic hydroxyl groups excluding tert-OH is 1. The Hall–Kier alpha value is -2.21. The van der Waals surface area contributed by atoms with E-state index in [1.54, 1.807) is 24.3 Å². The Labute approximate surface area is 123 Å². The molecule has 0 fully saturated rings. The van der Waals surface area contributed by atoms with Crippen molar-refractivity contribution in [3.05, 3.63) is 36.2 Å². The molecule has 0 unspecified atom stereocenters. The van der Waals surface area contributed by atoms with E-state index in [0.29, 0.717) is 24.4 Å². The minimum Gasteiger partial charge on any atom is -0.396 e. The number of carbonyl (C=O) groups excluding carboxylic acids is 1. The molecule has 1 heterocycles. The molecule has 2 aromatic rings. The Balaban J connectivity index is 1.97. The Morgan fingerprint density at radius 2 is 2.05 bits per heavy atom. The smallest absolute Gasteiger partial charge is 0.251 e. The molecule has 2 N–H and O–H groups in total. The Morgan fingerprint density at radius 1 is 1.33 bits per heavy atom. The quantitative estimate of drug-likeness (QED) is 0.847. The van der Waals surface area contributed by atoms with E-state index in [2.05, 4.69) is 20.0 Å². The van der Waals surface area contributed by atoms with Gasteiger partial charge in [-0.2, -0.15) is 4.98 Å². The van der Waals surface area contributed by atoms with E-state index >= 15 is 0 Å². The van der Waals surface area contributed by atoms with Crippen LogP contribution in [0.5, 0.6) is 0 Å². The summed E-state index contributed by atoms with van der Waals surface area (Å²) in [4.78, 5) is 16.0. The normalized spacial score (nSPS) is 11.4. The van der Waals surface area contributed by atoms with Crippen molar-refractivity contribution in [1.29, 1.82) is 0 Å². The first-order chi connectivity index (χ1) is 10.0. The topological polar surface area (TPSA) is 88.2 Å². The van der Waals surface area contributed by atoms with Crippen molar-refractivity contribution in [2.75, 3.05) is 13.2 Å². The number of rotatable bonds is 6. The maximum absolute atomic E-state index is 12.1. The molecule has 6 nitrogen and oxygen atoms in total. The van der Waals surface area contributed by atoms with Gasteiger partial charge in [0.1, 0.15) is 0 Å². The average Bonchev–Trinajstić information content (AvgIpc) is 2.99. The first-order valence-electron chi connectivity index (χ1n) is 6.78. The summed E-state index contributed by atoms with van der Waals surface area (Å²) in [5.74, 6) is 0.353. The number of amides is 1. The van der Waals surface area contributed by atoms with Crippen LogP contribution in [0.4, 0.5) is 0 Å². The highest BCUT2D eigenvalue weighted by Gasteiger charge is 2.18. The van der Waals surface area contributed by atoms with Gasteiger partial charge in [-0.1, -0.05) is 31.1 Å². The van der Waals surface area contributed by atoms with Gasteiger partial charge in [-0.3, -0.25) is 4.79 Å². The van der Waals surface area contributed by atoms with Gasteiger partial charge in [0.25, 0.3) is 5.91 Å². The molecule has 1 amide bonds. The molecule has 6 heteroatoms. The SMILES string of the molecule is CC(C)(CCO)CNC(=O)c1ccc(-c2ncon2)cc1. The number of hydrogen-bond acceptors (Lipinski definition) is 5. The summed E-state index contributed by atoms with van der Waals surface area (Å²) in [5.41, 5.74) is 1.23. The fraction of sp³-hybridized carbons (Fsp3) is 0.400. The van der Waals surface area contributed by atoms with E-state index in [-0.39, 0.29) is 17.9 Å². The van der Waals surface area contributed by atoms with E-state index in [4.69, 9.17) is 5.11 Å². The molecule has 0 aliphatic heterocycles. The van der Waals surface area contributed by atoms with Gasteiger partial charge in [-0.05, 0) is 24.0 Å². The predicted octanol–water partition coefficient (Wildman–Crippen LogP) is 1.87. The van der Waals surface area contributed by atoms with Gasteiger partial charge in [0.15, 0.2) is 0 Å². The van der Waals surface area contributed by atoms with E-state index in [1.165, 1.54) is 6.39 Å². The van der Waals surface area contributed by atoms with Crippen molar-refractivity contribution < 1.29 is 14.4 Å². The monoisotopic (exact) mass is 289 g/mol. The summed E-state index contributed by atoms with van der Waals surface area (Å²) < 4.78 is 4.68. The summed E-state index contributed by atoms with van der Waals surface area (Å²) in [6.07, 6.45) is 1.91. The molecular formula is C15H19N3O3. The summed E-state index contributed by atoms with van der Waals surface area (Å²) in [5, 5.41) is 15.6. The highest BCUT2D eigenvalue weighted by Crippen LogP contribution is 2.19. The van der Waals surface area contributed by atoms with Crippen LogP contribution in [0.1, 0.15) is 30.6 Å². The lowest BCUT2D eigenvalue weighted by Gasteiger charge is -2.23. The Bertz CT molecular complexity index is 577. The maximum atomic E-state index is 12.1. The molecule has 0 aliphatic carbocycles. The van der Waals surface area contributed by atoms with Crippen LogP contribution in [0.3, 0.4) is 0 Å². The minimum absolute atomic E-state index is 0.113. The lowest BCUT2D eigenvalue weighted by atomic mass is 9.89. The first kappa shape index (κ1) is 15.2. The summed E-state index contributed by atoms with van der Waals surface area (Å²) in [6, 6.07) is 7.00. The third-order valence-electron chi connectivity index (χ3n) is 3.28. The zero-order valence-corrected chi connectivity index (χ0v) is 12.2. The molecule has 0 radical (unpaired) electrons. The van der Waals surface area contributed by atoms with Crippen LogP contribution >= 0.6 is 0 Å². The number of hydrogen-bond donors (Lipinski definition) is 2.